The molecule has 0 aromatic heterocycles. The summed E-state index contributed by atoms with van der Waals surface area (Å²) in [4.78, 5) is 2.81. The zero-order valence-corrected chi connectivity index (χ0v) is 12.7. The number of ether oxygens (including phenoxy) is 2. The Morgan fingerprint density at radius 3 is 2.65 bits per heavy atom. The van der Waals surface area contributed by atoms with Crippen LogP contribution in [0.1, 0.15) is 24.8 Å². The molecule has 1 heterocycles. The van der Waals surface area contributed by atoms with Gasteiger partial charge in [-0.05, 0) is 44.1 Å². The third-order valence-corrected chi connectivity index (χ3v) is 3.80. The fourth-order valence-electron chi connectivity index (χ4n) is 2.41. The zero-order valence-electron chi connectivity index (χ0n) is 11.9. The van der Waals surface area contributed by atoms with Gasteiger partial charge in [0.2, 0.25) is 0 Å². The molecule has 110 valence electrons. The first-order valence-electron chi connectivity index (χ1n) is 7.03. The Labute approximate surface area is 125 Å². The highest BCUT2D eigenvalue weighted by Crippen LogP contribution is 2.28. The minimum atomic E-state index is 0.369. The molecule has 20 heavy (non-hydrogen) atoms. The van der Waals surface area contributed by atoms with E-state index >= 15 is 0 Å². The summed E-state index contributed by atoms with van der Waals surface area (Å²) in [5, 5.41) is 0. The monoisotopic (exact) mass is 294 g/mol. The number of likely N-dealkylation sites (tertiary alicyclic amines) is 1. The van der Waals surface area contributed by atoms with Crippen molar-refractivity contribution in [2.75, 3.05) is 33.4 Å². The molecule has 2 rings (SSSR count). The van der Waals surface area contributed by atoms with Gasteiger partial charge in [0.1, 0.15) is 11.6 Å². The van der Waals surface area contributed by atoms with E-state index in [0.29, 0.717) is 23.1 Å². The molecule has 1 fully saturated rings. The number of rotatable bonds is 6. The molecule has 0 aliphatic carbocycles. The van der Waals surface area contributed by atoms with Crippen LogP contribution in [0.15, 0.2) is 18.2 Å². The van der Waals surface area contributed by atoms with Gasteiger partial charge in [0, 0.05) is 12.1 Å². The number of nitrogens with two attached hydrogens (primary N) is 1. The summed E-state index contributed by atoms with van der Waals surface area (Å²) < 4.78 is 11.1. The maximum Gasteiger partial charge on any atom is 0.161 e. The Balaban J connectivity index is 1.93. The third kappa shape index (κ3) is 4.08. The van der Waals surface area contributed by atoms with Crippen molar-refractivity contribution >= 4 is 17.2 Å². The molecule has 2 N–H and O–H groups in total. The number of methoxy groups -OCH3 is 1. The van der Waals surface area contributed by atoms with Gasteiger partial charge in [-0.3, -0.25) is 4.90 Å². The summed E-state index contributed by atoms with van der Waals surface area (Å²) in [6.07, 6.45) is 3.93. The summed E-state index contributed by atoms with van der Waals surface area (Å²) in [5.74, 6) is 1.42. The van der Waals surface area contributed by atoms with Crippen LogP contribution in [0.4, 0.5) is 0 Å². The molecule has 0 radical (unpaired) electrons. The van der Waals surface area contributed by atoms with Gasteiger partial charge in [-0.1, -0.05) is 18.6 Å². The molecule has 4 nitrogen and oxygen atoms in total. The van der Waals surface area contributed by atoms with Crippen molar-refractivity contribution < 1.29 is 9.47 Å². The molecule has 0 bridgehead atoms. The van der Waals surface area contributed by atoms with Crippen molar-refractivity contribution in [3.63, 3.8) is 0 Å². The van der Waals surface area contributed by atoms with Crippen LogP contribution in [0.5, 0.6) is 11.5 Å². The van der Waals surface area contributed by atoms with E-state index in [2.05, 4.69) is 4.90 Å². The standard InChI is InChI=1S/C15H22N2O2S/c1-18-13-6-5-12(15(16)20)11-14(13)19-10-9-17-7-3-2-4-8-17/h5-6,11H,2-4,7-10H2,1H3,(H2,16,20). The highest BCUT2D eigenvalue weighted by atomic mass is 32.1. The number of benzene rings is 1. The molecule has 1 aliphatic heterocycles. The molecule has 1 saturated heterocycles. The molecule has 0 spiro atoms. The average molecular weight is 294 g/mol. The Morgan fingerprint density at radius 1 is 1.25 bits per heavy atom. The summed E-state index contributed by atoms with van der Waals surface area (Å²) >= 11 is 4.99. The second kappa shape index (κ2) is 7.45. The van der Waals surface area contributed by atoms with Gasteiger partial charge in [-0.15, -0.1) is 0 Å². The Kier molecular flexibility index (Phi) is 5.61. The molecular weight excluding hydrogens is 272 g/mol. The highest BCUT2D eigenvalue weighted by molar-refractivity contribution is 7.80. The van der Waals surface area contributed by atoms with Gasteiger partial charge in [0.15, 0.2) is 11.5 Å². The van der Waals surface area contributed by atoms with Gasteiger partial charge >= 0.3 is 0 Å². The van der Waals surface area contributed by atoms with E-state index < -0.39 is 0 Å². The normalized spacial score (nSPS) is 15.8. The molecule has 1 aliphatic rings. The number of piperidine rings is 1. The number of thiocarbonyl (C=S) groups is 1. The molecule has 5 heteroatoms. The minimum absolute atomic E-state index is 0.369. The molecule has 1 aromatic carbocycles. The van der Waals surface area contributed by atoms with Crippen molar-refractivity contribution in [2.45, 2.75) is 19.3 Å². The van der Waals surface area contributed by atoms with Crippen LogP contribution in [0.25, 0.3) is 0 Å². The maximum atomic E-state index is 5.84. The molecule has 1 aromatic rings. The second-order valence-corrected chi connectivity index (χ2v) is 5.42. The van der Waals surface area contributed by atoms with Crippen LogP contribution in [0, 0.1) is 0 Å². The largest absolute Gasteiger partial charge is 0.493 e. The first-order valence-corrected chi connectivity index (χ1v) is 7.44. The van der Waals surface area contributed by atoms with E-state index in [9.17, 15) is 0 Å². The number of nitrogens with zero attached hydrogens (tertiary/aromatic N) is 1. The fraction of sp³-hybridized carbons (Fsp3) is 0.533. The topological polar surface area (TPSA) is 47.7 Å². The van der Waals surface area contributed by atoms with Crippen LogP contribution in [0.2, 0.25) is 0 Å². The average Bonchev–Trinajstić information content (AvgIpc) is 2.48. The minimum Gasteiger partial charge on any atom is -0.493 e. The Hall–Kier alpha value is -1.33. The van der Waals surface area contributed by atoms with Crippen molar-refractivity contribution in [1.82, 2.24) is 4.90 Å². The van der Waals surface area contributed by atoms with E-state index in [1.165, 1.54) is 32.4 Å². The summed E-state index contributed by atoms with van der Waals surface area (Å²) in [5.41, 5.74) is 6.45. The van der Waals surface area contributed by atoms with Crippen molar-refractivity contribution in [2.24, 2.45) is 5.73 Å². The van der Waals surface area contributed by atoms with Crippen LogP contribution in [-0.2, 0) is 0 Å². The quantitative estimate of drug-likeness (QED) is 0.815. The summed E-state index contributed by atoms with van der Waals surface area (Å²) in [6.45, 7) is 3.94. The first-order chi connectivity index (χ1) is 9.70. The Morgan fingerprint density at radius 2 is 2.00 bits per heavy atom. The number of hydrogen-bond donors (Lipinski definition) is 1. The predicted molar refractivity (Wildman–Crippen MR) is 84.7 cm³/mol. The summed E-state index contributed by atoms with van der Waals surface area (Å²) in [7, 11) is 1.63. The van der Waals surface area contributed by atoms with E-state index in [1.54, 1.807) is 7.11 Å². The van der Waals surface area contributed by atoms with Gasteiger partial charge in [0.25, 0.3) is 0 Å². The maximum absolute atomic E-state index is 5.84. The molecule has 0 atom stereocenters. The van der Waals surface area contributed by atoms with Gasteiger partial charge in [0.05, 0.1) is 7.11 Å². The zero-order chi connectivity index (χ0) is 14.4. The fourth-order valence-corrected chi connectivity index (χ4v) is 2.54. The first kappa shape index (κ1) is 15.1. The Bertz CT molecular complexity index is 459. The predicted octanol–water partition coefficient (Wildman–Crippen LogP) is 2.19. The van der Waals surface area contributed by atoms with Gasteiger partial charge in [-0.25, -0.2) is 0 Å². The van der Waals surface area contributed by atoms with E-state index in [1.807, 2.05) is 18.2 Å². The van der Waals surface area contributed by atoms with Crippen LogP contribution in [0.3, 0.4) is 0 Å². The van der Waals surface area contributed by atoms with Crippen molar-refractivity contribution in [1.29, 1.82) is 0 Å². The lowest BCUT2D eigenvalue weighted by Crippen LogP contribution is -2.33. The van der Waals surface area contributed by atoms with E-state index in [-0.39, 0.29) is 0 Å². The highest BCUT2D eigenvalue weighted by Gasteiger charge is 2.11. The number of hydrogen-bond acceptors (Lipinski definition) is 4. The third-order valence-electron chi connectivity index (χ3n) is 3.56. The molecule has 0 unspecified atom stereocenters. The van der Waals surface area contributed by atoms with Gasteiger partial charge < -0.3 is 15.2 Å². The lowest BCUT2D eigenvalue weighted by molar-refractivity contribution is 0.180. The van der Waals surface area contributed by atoms with E-state index in [0.717, 1.165) is 12.1 Å². The SMILES string of the molecule is COc1ccc(C(N)=S)cc1OCCN1CCCCC1. The summed E-state index contributed by atoms with van der Waals surface area (Å²) in [6, 6.07) is 5.53. The van der Waals surface area contributed by atoms with E-state index in [4.69, 9.17) is 27.4 Å². The van der Waals surface area contributed by atoms with Gasteiger partial charge in [-0.2, -0.15) is 0 Å². The van der Waals surface area contributed by atoms with Crippen molar-refractivity contribution in [3.05, 3.63) is 23.8 Å². The van der Waals surface area contributed by atoms with Crippen LogP contribution in [-0.4, -0.2) is 43.2 Å². The lowest BCUT2D eigenvalue weighted by Gasteiger charge is -2.26. The van der Waals surface area contributed by atoms with Crippen LogP contribution >= 0.6 is 12.2 Å². The smallest absolute Gasteiger partial charge is 0.161 e. The second-order valence-electron chi connectivity index (χ2n) is 4.98. The van der Waals surface area contributed by atoms with Crippen LogP contribution < -0.4 is 15.2 Å². The van der Waals surface area contributed by atoms with Crippen molar-refractivity contribution in [3.8, 4) is 11.5 Å². The molecular formula is C15H22N2O2S. The lowest BCUT2D eigenvalue weighted by atomic mass is 10.1. The molecule has 0 saturated carbocycles. The molecule has 0 amide bonds.